The first kappa shape index (κ1) is 17.9. The molecule has 0 saturated heterocycles. The van der Waals surface area contributed by atoms with Crippen LogP contribution in [0.3, 0.4) is 0 Å². The molecule has 25 heavy (non-hydrogen) atoms. The highest BCUT2D eigenvalue weighted by atomic mass is 32.2. The number of hydrogen-bond acceptors (Lipinski definition) is 4. The maximum Gasteiger partial charge on any atom is 0.265 e. The van der Waals surface area contributed by atoms with Gasteiger partial charge in [-0.15, -0.1) is 11.8 Å². The van der Waals surface area contributed by atoms with Crippen molar-refractivity contribution in [1.82, 2.24) is 5.32 Å². The molecule has 1 heterocycles. The van der Waals surface area contributed by atoms with Gasteiger partial charge < -0.3 is 15.4 Å². The molecule has 2 N–H and O–H groups in total. The van der Waals surface area contributed by atoms with Crippen molar-refractivity contribution >= 4 is 29.3 Å². The van der Waals surface area contributed by atoms with Crippen LogP contribution in [0.2, 0.25) is 0 Å². The Morgan fingerprint density at radius 2 is 1.80 bits per heavy atom. The summed E-state index contributed by atoms with van der Waals surface area (Å²) >= 11 is 1.50. The van der Waals surface area contributed by atoms with E-state index in [9.17, 15) is 9.59 Å². The van der Waals surface area contributed by atoms with Crippen LogP contribution in [0, 0.1) is 0 Å². The number of anilines is 1. The number of amides is 2. The van der Waals surface area contributed by atoms with Crippen LogP contribution in [0.4, 0.5) is 5.69 Å². The fraction of sp³-hybridized carbons (Fsp3) is 0.474. The van der Waals surface area contributed by atoms with Crippen LogP contribution in [-0.2, 0) is 9.53 Å². The average molecular weight is 360 g/mol. The van der Waals surface area contributed by atoms with Crippen molar-refractivity contribution in [3.8, 4) is 0 Å². The molecule has 1 aliphatic carbocycles. The second kappa shape index (κ2) is 8.43. The molecule has 1 aromatic rings. The zero-order chi connectivity index (χ0) is 17.6. The van der Waals surface area contributed by atoms with Gasteiger partial charge in [-0.1, -0.05) is 19.3 Å². The first-order valence-electron chi connectivity index (χ1n) is 8.82. The largest absolute Gasteiger partial charge is 0.496 e. The van der Waals surface area contributed by atoms with Crippen molar-refractivity contribution in [2.45, 2.75) is 45.1 Å². The third-order valence-corrected chi connectivity index (χ3v) is 5.65. The molecular formula is C19H24N2O3S. The standard InChI is InChI=1S/C19H24N2O3S/c1-13-17(25-12-11-24-13)19(23)21-16-9-7-14(8-10-16)18(22)20-15-5-3-2-4-6-15/h7-10,15H,2-6,11-12H2,1H3,(H,20,22)(H,21,23). The molecule has 1 saturated carbocycles. The van der Waals surface area contributed by atoms with Crippen molar-refractivity contribution < 1.29 is 14.3 Å². The second-order valence-electron chi connectivity index (χ2n) is 6.42. The van der Waals surface area contributed by atoms with E-state index in [0.29, 0.717) is 34.6 Å². The summed E-state index contributed by atoms with van der Waals surface area (Å²) in [5.41, 5.74) is 1.29. The summed E-state index contributed by atoms with van der Waals surface area (Å²) in [4.78, 5) is 25.2. The van der Waals surface area contributed by atoms with Gasteiger partial charge in [-0.2, -0.15) is 0 Å². The Morgan fingerprint density at radius 3 is 2.48 bits per heavy atom. The first-order chi connectivity index (χ1) is 12.1. The Kier molecular flexibility index (Phi) is 6.02. The molecule has 1 aromatic carbocycles. The average Bonchev–Trinajstić information content (AvgIpc) is 2.63. The minimum atomic E-state index is -0.165. The Balaban J connectivity index is 1.58. The van der Waals surface area contributed by atoms with Gasteiger partial charge in [0.05, 0.1) is 6.61 Å². The van der Waals surface area contributed by atoms with E-state index in [1.807, 2.05) is 0 Å². The van der Waals surface area contributed by atoms with Crippen LogP contribution in [0.15, 0.2) is 34.9 Å². The number of rotatable bonds is 4. The number of benzene rings is 1. The molecule has 2 amide bonds. The Morgan fingerprint density at radius 1 is 1.08 bits per heavy atom. The molecule has 0 radical (unpaired) electrons. The van der Waals surface area contributed by atoms with Gasteiger partial charge in [-0.25, -0.2) is 0 Å². The molecule has 6 heteroatoms. The van der Waals surface area contributed by atoms with E-state index in [4.69, 9.17) is 4.74 Å². The number of nitrogens with one attached hydrogen (secondary N) is 2. The maximum absolute atomic E-state index is 12.3. The summed E-state index contributed by atoms with van der Waals surface area (Å²) in [5, 5.41) is 5.96. The van der Waals surface area contributed by atoms with Gasteiger partial charge in [0.15, 0.2) is 0 Å². The normalized spacial score (nSPS) is 18.4. The van der Waals surface area contributed by atoms with Crippen molar-refractivity contribution in [2.75, 3.05) is 17.7 Å². The minimum absolute atomic E-state index is 0.0421. The van der Waals surface area contributed by atoms with E-state index in [1.165, 1.54) is 31.0 Å². The quantitative estimate of drug-likeness (QED) is 0.859. The zero-order valence-corrected chi connectivity index (χ0v) is 15.3. The molecule has 2 aliphatic rings. The maximum atomic E-state index is 12.3. The van der Waals surface area contributed by atoms with Gasteiger partial charge in [-0.3, -0.25) is 9.59 Å². The lowest BCUT2D eigenvalue weighted by atomic mass is 9.95. The summed E-state index contributed by atoms with van der Waals surface area (Å²) in [6.45, 7) is 2.44. The van der Waals surface area contributed by atoms with Gasteiger partial charge >= 0.3 is 0 Å². The van der Waals surface area contributed by atoms with Crippen LogP contribution in [-0.4, -0.2) is 30.2 Å². The predicted octanol–water partition coefficient (Wildman–Crippen LogP) is 3.68. The van der Waals surface area contributed by atoms with Crippen LogP contribution in [0.25, 0.3) is 0 Å². The smallest absolute Gasteiger partial charge is 0.265 e. The third kappa shape index (κ3) is 4.78. The van der Waals surface area contributed by atoms with Crippen molar-refractivity contribution in [1.29, 1.82) is 0 Å². The van der Waals surface area contributed by atoms with E-state index in [1.54, 1.807) is 31.2 Å². The summed E-state index contributed by atoms with van der Waals surface area (Å²) in [6.07, 6.45) is 5.77. The number of allylic oxidation sites excluding steroid dienone is 1. The molecule has 3 rings (SSSR count). The summed E-state index contributed by atoms with van der Waals surface area (Å²) < 4.78 is 5.42. The van der Waals surface area contributed by atoms with E-state index >= 15 is 0 Å². The van der Waals surface area contributed by atoms with Gasteiger partial charge in [-0.05, 0) is 44.0 Å². The number of carbonyl (C=O) groups excluding carboxylic acids is 2. The Bertz CT molecular complexity index is 664. The fourth-order valence-corrected chi connectivity index (χ4v) is 3.95. The molecule has 5 nitrogen and oxygen atoms in total. The number of carbonyl (C=O) groups is 2. The Labute approximate surface area is 152 Å². The summed E-state index contributed by atoms with van der Waals surface area (Å²) in [6, 6.07) is 7.31. The monoisotopic (exact) mass is 360 g/mol. The lowest BCUT2D eigenvalue weighted by Gasteiger charge is -2.22. The predicted molar refractivity (Wildman–Crippen MR) is 101 cm³/mol. The van der Waals surface area contributed by atoms with Crippen LogP contribution < -0.4 is 10.6 Å². The van der Waals surface area contributed by atoms with Crippen LogP contribution in [0.1, 0.15) is 49.4 Å². The van der Waals surface area contributed by atoms with Gasteiger partial charge in [0.25, 0.3) is 11.8 Å². The molecule has 1 aliphatic heterocycles. The topological polar surface area (TPSA) is 67.4 Å². The van der Waals surface area contributed by atoms with Gasteiger partial charge in [0.1, 0.15) is 10.7 Å². The van der Waals surface area contributed by atoms with E-state index in [-0.39, 0.29) is 11.8 Å². The van der Waals surface area contributed by atoms with E-state index in [2.05, 4.69) is 10.6 Å². The summed E-state index contributed by atoms with van der Waals surface area (Å²) in [7, 11) is 0. The van der Waals surface area contributed by atoms with E-state index < -0.39 is 0 Å². The number of hydrogen-bond donors (Lipinski definition) is 2. The van der Waals surface area contributed by atoms with Gasteiger partial charge in [0, 0.05) is 23.0 Å². The lowest BCUT2D eigenvalue weighted by Crippen LogP contribution is -2.36. The number of thioether (sulfide) groups is 1. The first-order valence-corrected chi connectivity index (χ1v) is 9.81. The highest BCUT2D eigenvalue weighted by Gasteiger charge is 2.19. The van der Waals surface area contributed by atoms with Crippen molar-refractivity contribution in [3.05, 3.63) is 40.5 Å². The summed E-state index contributed by atoms with van der Waals surface area (Å²) in [5.74, 6) is 1.23. The van der Waals surface area contributed by atoms with Crippen LogP contribution >= 0.6 is 11.8 Å². The molecule has 0 bridgehead atoms. The minimum Gasteiger partial charge on any atom is -0.496 e. The van der Waals surface area contributed by atoms with Crippen molar-refractivity contribution in [2.24, 2.45) is 0 Å². The molecule has 134 valence electrons. The van der Waals surface area contributed by atoms with E-state index in [0.717, 1.165) is 18.6 Å². The Hall–Kier alpha value is -1.95. The zero-order valence-electron chi connectivity index (χ0n) is 14.5. The molecule has 0 atom stereocenters. The fourth-order valence-electron chi connectivity index (χ4n) is 3.14. The third-order valence-electron chi connectivity index (χ3n) is 4.52. The molecule has 0 unspecified atom stereocenters. The lowest BCUT2D eigenvalue weighted by molar-refractivity contribution is -0.112. The van der Waals surface area contributed by atoms with Crippen LogP contribution in [0.5, 0.6) is 0 Å². The molecule has 1 fully saturated rings. The molecule has 0 aromatic heterocycles. The highest BCUT2D eigenvalue weighted by Crippen LogP contribution is 2.26. The number of ether oxygens (including phenoxy) is 1. The molecular weight excluding hydrogens is 336 g/mol. The SMILES string of the molecule is CC1=C(C(=O)Nc2ccc(C(=O)NC3CCCCC3)cc2)SCCO1. The highest BCUT2D eigenvalue weighted by molar-refractivity contribution is 8.04. The van der Waals surface area contributed by atoms with Crippen molar-refractivity contribution in [3.63, 3.8) is 0 Å². The second-order valence-corrected chi connectivity index (χ2v) is 7.53. The van der Waals surface area contributed by atoms with Gasteiger partial charge in [0.2, 0.25) is 0 Å². The molecule has 0 spiro atoms.